The number of hydrogen-bond acceptors (Lipinski definition) is 4. The molecule has 21 heavy (non-hydrogen) atoms. The fourth-order valence-electron chi connectivity index (χ4n) is 1.92. The van der Waals surface area contributed by atoms with Crippen LogP contribution in [-0.4, -0.2) is 43.5 Å². The Labute approximate surface area is 124 Å². The van der Waals surface area contributed by atoms with E-state index in [2.05, 4.69) is 17.2 Å². The number of hydrogen-bond donors (Lipinski definition) is 2. The van der Waals surface area contributed by atoms with E-state index in [0.29, 0.717) is 32.8 Å². The molecule has 1 unspecified atom stereocenters. The van der Waals surface area contributed by atoms with E-state index in [1.807, 2.05) is 24.3 Å². The van der Waals surface area contributed by atoms with Crippen molar-refractivity contribution in [2.75, 3.05) is 26.4 Å². The minimum absolute atomic E-state index is 0.0617. The van der Waals surface area contributed by atoms with Gasteiger partial charge in [-0.2, -0.15) is 0 Å². The van der Waals surface area contributed by atoms with Crippen LogP contribution in [0.3, 0.4) is 0 Å². The summed E-state index contributed by atoms with van der Waals surface area (Å²) in [5, 5.41) is 11.5. The molecule has 1 aromatic carbocycles. The van der Waals surface area contributed by atoms with Crippen LogP contribution in [0, 0.1) is 11.8 Å². The molecule has 2 N–H and O–H groups in total. The van der Waals surface area contributed by atoms with Crippen molar-refractivity contribution in [3.63, 3.8) is 0 Å². The van der Waals surface area contributed by atoms with Crippen LogP contribution in [0.2, 0.25) is 0 Å². The number of aliphatic hydroxyl groups excluding tert-OH is 1. The maximum absolute atomic E-state index is 11.9. The minimum Gasteiger partial charge on any atom is -0.395 e. The van der Waals surface area contributed by atoms with Gasteiger partial charge in [0.1, 0.15) is 0 Å². The molecule has 2 rings (SSSR count). The molecule has 0 saturated carbocycles. The third-order valence-corrected chi connectivity index (χ3v) is 2.97. The largest absolute Gasteiger partial charge is 0.395 e. The molecule has 1 aliphatic heterocycles. The molecular formula is C16H19NO4. The Morgan fingerprint density at radius 3 is 3.10 bits per heavy atom. The summed E-state index contributed by atoms with van der Waals surface area (Å²) in [6, 6.07) is 7.64. The Morgan fingerprint density at radius 1 is 1.43 bits per heavy atom. The maximum Gasteiger partial charge on any atom is 0.251 e. The van der Waals surface area contributed by atoms with Gasteiger partial charge in [0.15, 0.2) is 6.10 Å². The van der Waals surface area contributed by atoms with Gasteiger partial charge >= 0.3 is 0 Å². The summed E-state index contributed by atoms with van der Waals surface area (Å²) < 4.78 is 10.5. The zero-order valence-electron chi connectivity index (χ0n) is 11.8. The predicted molar refractivity (Wildman–Crippen MR) is 77.4 cm³/mol. The van der Waals surface area contributed by atoms with Gasteiger partial charge in [-0.3, -0.25) is 4.79 Å². The fraction of sp³-hybridized carbons (Fsp3) is 0.438. The lowest BCUT2D eigenvalue weighted by atomic mass is 10.1. The molecule has 0 spiro atoms. The Morgan fingerprint density at radius 2 is 2.33 bits per heavy atom. The highest BCUT2D eigenvalue weighted by Crippen LogP contribution is 2.05. The zero-order valence-corrected chi connectivity index (χ0v) is 11.8. The van der Waals surface area contributed by atoms with Crippen molar-refractivity contribution in [2.45, 2.75) is 19.1 Å². The number of aliphatic hydroxyl groups is 1. The van der Waals surface area contributed by atoms with Crippen molar-refractivity contribution in [1.29, 1.82) is 0 Å². The standard InChI is InChI=1S/C16H19NO4/c18-7-2-1-4-13-5-3-6-14(10-13)11-17-16(19)15-12-20-8-9-21-15/h3,5-6,10,15,18H,2,7-9,11-12H2,(H,17,19). The van der Waals surface area contributed by atoms with Crippen LogP contribution in [0.15, 0.2) is 24.3 Å². The number of rotatable bonds is 4. The molecular weight excluding hydrogens is 270 g/mol. The van der Waals surface area contributed by atoms with Crippen LogP contribution < -0.4 is 5.32 Å². The van der Waals surface area contributed by atoms with Gasteiger partial charge < -0.3 is 19.9 Å². The SMILES string of the molecule is O=C(NCc1cccc(C#CCCO)c1)C1COCCO1. The van der Waals surface area contributed by atoms with Gasteiger partial charge in [-0.1, -0.05) is 24.0 Å². The number of amides is 1. The summed E-state index contributed by atoms with van der Waals surface area (Å²) in [4.78, 5) is 11.9. The third-order valence-electron chi connectivity index (χ3n) is 2.97. The summed E-state index contributed by atoms with van der Waals surface area (Å²) in [7, 11) is 0. The van der Waals surface area contributed by atoms with Gasteiger partial charge in [-0.25, -0.2) is 0 Å². The normalized spacial score (nSPS) is 17.7. The molecule has 0 aromatic heterocycles. The van der Waals surface area contributed by atoms with Crippen LogP contribution in [0.4, 0.5) is 0 Å². The maximum atomic E-state index is 11.9. The molecule has 1 aromatic rings. The van der Waals surface area contributed by atoms with E-state index < -0.39 is 6.10 Å². The molecule has 1 amide bonds. The molecule has 1 atom stereocenters. The topological polar surface area (TPSA) is 67.8 Å². The monoisotopic (exact) mass is 289 g/mol. The molecule has 0 radical (unpaired) electrons. The van der Waals surface area contributed by atoms with E-state index in [1.54, 1.807) is 0 Å². The van der Waals surface area contributed by atoms with Crippen molar-refractivity contribution in [3.05, 3.63) is 35.4 Å². The average molecular weight is 289 g/mol. The summed E-state index contributed by atoms with van der Waals surface area (Å²) in [6.45, 7) is 1.78. The van der Waals surface area contributed by atoms with E-state index in [0.717, 1.165) is 11.1 Å². The second-order valence-electron chi connectivity index (χ2n) is 4.63. The number of carbonyl (C=O) groups is 1. The van der Waals surface area contributed by atoms with E-state index in [4.69, 9.17) is 14.6 Å². The average Bonchev–Trinajstić information content (AvgIpc) is 2.54. The molecule has 1 fully saturated rings. The van der Waals surface area contributed by atoms with Gasteiger partial charge in [0.05, 0.1) is 26.4 Å². The number of ether oxygens (including phenoxy) is 2. The first-order chi connectivity index (χ1) is 10.3. The number of benzene rings is 1. The van der Waals surface area contributed by atoms with Crippen LogP contribution in [-0.2, 0) is 20.8 Å². The smallest absolute Gasteiger partial charge is 0.251 e. The Kier molecular flexibility index (Phi) is 6.22. The highest BCUT2D eigenvalue weighted by Gasteiger charge is 2.22. The predicted octanol–water partition coefficient (Wildman–Crippen LogP) is 0.452. The molecule has 0 aliphatic carbocycles. The lowest BCUT2D eigenvalue weighted by Crippen LogP contribution is -2.42. The van der Waals surface area contributed by atoms with Crippen LogP contribution in [0.25, 0.3) is 0 Å². The van der Waals surface area contributed by atoms with Gasteiger partial charge in [-0.05, 0) is 17.7 Å². The van der Waals surface area contributed by atoms with Crippen molar-refractivity contribution in [2.24, 2.45) is 0 Å². The summed E-state index contributed by atoms with van der Waals surface area (Å²) >= 11 is 0. The van der Waals surface area contributed by atoms with E-state index >= 15 is 0 Å². The third kappa shape index (κ3) is 5.20. The number of nitrogens with one attached hydrogen (secondary N) is 1. The Bertz CT molecular complexity index is 527. The van der Waals surface area contributed by atoms with Gasteiger partial charge in [0.25, 0.3) is 5.91 Å². The van der Waals surface area contributed by atoms with Crippen LogP contribution in [0.5, 0.6) is 0 Å². The fourth-order valence-corrected chi connectivity index (χ4v) is 1.92. The van der Waals surface area contributed by atoms with Crippen molar-refractivity contribution < 1.29 is 19.4 Å². The highest BCUT2D eigenvalue weighted by atomic mass is 16.6. The summed E-state index contributed by atoms with van der Waals surface area (Å²) in [5.74, 6) is 5.68. The molecule has 0 bridgehead atoms. The second kappa shape index (κ2) is 8.42. The van der Waals surface area contributed by atoms with Gasteiger partial charge in [0, 0.05) is 18.5 Å². The number of carbonyl (C=O) groups excluding carboxylic acids is 1. The zero-order chi connectivity index (χ0) is 14.9. The lowest BCUT2D eigenvalue weighted by molar-refractivity contribution is -0.147. The second-order valence-corrected chi connectivity index (χ2v) is 4.63. The summed E-state index contributed by atoms with van der Waals surface area (Å²) in [6.07, 6.45) is -0.0636. The van der Waals surface area contributed by atoms with Gasteiger partial charge in [0.2, 0.25) is 0 Å². The van der Waals surface area contributed by atoms with E-state index in [9.17, 15) is 4.79 Å². The van der Waals surface area contributed by atoms with Crippen LogP contribution in [0.1, 0.15) is 17.5 Å². The van der Waals surface area contributed by atoms with E-state index in [-0.39, 0.29) is 12.5 Å². The van der Waals surface area contributed by atoms with Crippen molar-refractivity contribution in [3.8, 4) is 11.8 Å². The molecule has 112 valence electrons. The first kappa shape index (κ1) is 15.5. The lowest BCUT2D eigenvalue weighted by Gasteiger charge is -2.22. The first-order valence-corrected chi connectivity index (χ1v) is 6.95. The molecule has 1 aliphatic rings. The minimum atomic E-state index is -0.522. The quantitative estimate of drug-likeness (QED) is 0.790. The molecule has 1 saturated heterocycles. The first-order valence-electron chi connectivity index (χ1n) is 6.95. The van der Waals surface area contributed by atoms with Crippen molar-refractivity contribution >= 4 is 5.91 Å². The molecule has 1 heterocycles. The van der Waals surface area contributed by atoms with E-state index in [1.165, 1.54) is 0 Å². The van der Waals surface area contributed by atoms with Crippen molar-refractivity contribution in [1.82, 2.24) is 5.32 Å². The van der Waals surface area contributed by atoms with Crippen LogP contribution >= 0.6 is 0 Å². The highest BCUT2D eigenvalue weighted by molar-refractivity contribution is 5.80. The van der Waals surface area contributed by atoms with Gasteiger partial charge in [-0.15, -0.1) is 0 Å². The Balaban J connectivity index is 1.86. The molecule has 5 heteroatoms. The summed E-state index contributed by atoms with van der Waals surface area (Å²) in [5.41, 5.74) is 1.84. The Hall–Kier alpha value is -1.87. The molecule has 5 nitrogen and oxygen atoms in total.